The molecular weight excluding hydrogens is 356 g/mol. The first kappa shape index (κ1) is 19.9. The maximum atomic E-state index is 12.9. The predicted molar refractivity (Wildman–Crippen MR) is 108 cm³/mol. The number of rotatable bonds is 5. The third-order valence-electron chi connectivity index (χ3n) is 4.45. The summed E-state index contributed by atoms with van der Waals surface area (Å²) in [7, 11) is 0. The molecule has 7 heteroatoms. The molecule has 150 valence electrons. The van der Waals surface area contributed by atoms with Gasteiger partial charge in [-0.25, -0.2) is 4.98 Å². The van der Waals surface area contributed by atoms with E-state index in [1.54, 1.807) is 12.1 Å². The van der Waals surface area contributed by atoms with Gasteiger partial charge in [-0.1, -0.05) is 0 Å². The highest BCUT2D eigenvalue weighted by molar-refractivity contribution is 6.03. The first-order valence-corrected chi connectivity index (χ1v) is 9.74. The molecule has 0 saturated heterocycles. The third kappa shape index (κ3) is 4.52. The van der Waals surface area contributed by atoms with Gasteiger partial charge in [-0.3, -0.25) is 9.59 Å². The van der Waals surface area contributed by atoms with E-state index in [-0.39, 0.29) is 23.2 Å². The molecule has 1 aromatic heterocycles. The first-order chi connectivity index (χ1) is 13.3. The molecule has 2 N–H and O–H groups in total. The summed E-state index contributed by atoms with van der Waals surface area (Å²) in [6.45, 7) is 8.97. The Labute approximate surface area is 165 Å². The summed E-state index contributed by atoms with van der Waals surface area (Å²) < 4.78 is 7.30. The summed E-state index contributed by atoms with van der Waals surface area (Å²) in [5.74, 6) is 0.475. The zero-order valence-electron chi connectivity index (χ0n) is 17.0. The Morgan fingerprint density at radius 2 is 1.86 bits per heavy atom. The minimum absolute atomic E-state index is 0.238. The molecular formula is C21H28N4O3. The molecule has 28 heavy (non-hydrogen) atoms. The number of carbonyl (C=O) groups excluding carboxylic acids is 2. The fourth-order valence-corrected chi connectivity index (χ4v) is 3.29. The number of hydrogen-bond donors (Lipinski definition) is 2. The van der Waals surface area contributed by atoms with E-state index < -0.39 is 0 Å². The molecule has 0 spiro atoms. The topological polar surface area (TPSA) is 85.2 Å². The van der Waals surface area contributed by atoms with Crippen LogP contribution in [0, 0.1) is 0 Å². The Balaban J connectivity index is 1.84. The highest BCUT2D eigenvalue weighted by Gasteiger charge is 2.29. The number of nitrogens with one attached hydrogen (secondary N) is 2. The first-order valence-electron chi connectivity index (χ1n) is 9.74. The highest BCUT2D eigenvalue weighted by Crippen LogP contribution is 2.23. The van der Waals surface area contributed by atoms with Crippen LogP contribution in [0.4, 0.5) is 5.69 Å². The Hall–Kier alpha value is -2.83. The maximum Gasteiger partial charge on any atom is 0.291 e. The van der Waals surface area contributed by atoms with Crippen molar-refractivity contribution in [3.63, 3.8) is 0 Å². The summed E-state index contributed by atoms with van der Waals surface area (Å²) in [6.07, 6.45) is 2.70. The summed E-state index contributed by atoms with van der Waals surface area (Å²) in [6, 6.07) is 7.19. The van der Waals surface area contributed by atoms with E-state index in [1.165, 1.54) is 0 Å². The van der Waals surface area contributed by atoms with Crippen LogP contribution in [-0.2, 0) is 13.0 Å². The Morgan fingerprint density at radius 3 is 2.50 bits per heavy atom. The SMILES string of the molecule is CCOc1ccc(NC(=O)c2nc(C(=O)NC(C)(C)C)c3n2CCCC3)cc1. The monoisotopic (exact) mass is 384 g/mol. The molecule has 2 heterocycles. The fourth-order valence-electron chi connectivity index (χ4n) is 3.29. The minimum atomic E-state index is -0.368. The van der Waals surface area contributed by atoms with Crippen LogP contribution < -0.4 is 15.4 Å². The van der Waals surface area contributed by atoms with Crippen molar-refractivity contribution in [1.82, 2.24) is 14.9 Å². The Kier molecular flexibility index (Phi) is 5.72. The lowest BCUT2D eigenvalue weighted by Crippen LogP contribution is -2.41. The number of carbonyl (C=O) groups is 2. The predicted octanol–water partition coefficient (Wildman–Crippen LogP) is 3.40. The molecule has 0 fully saturated rings. The lowest BCUT2D eigenvalue weighted by molar-refractivity contribution is 0.0913. The van der Waals surface area contributed by atoms with Crippen LogP contribution in [0.15, 0.2) is 24.3 Å². The number of nitrogens with zero attached hydrogens (tertiary/aromatic N) is 2. The van der Waals surface area contributed by atoms with Crippen molar-refractivity contribution in [2.75, 3.05) is 11.9 Å². The standard InChI is InChI=1S/C21H28N4O3/c1-5-28-15-11-9-14(10-12-15)22-20(27)18-23-17(19(26)24-21(2,3)4)16-8-6-7-13-25(16)18/h9-12H,5-8,13H2,1-4H3,(H,22,27)(H,24,26). The molecule has 1 aromatic carbocycles. The summed E-state index contributed by atoms with van der Waals surface area (Å²) >= 11 is 0. The molecule has 2 amide bonds. The molecule has 3 rings (SSSR count). The summed E-state index contributed by atoms with van der Waals surface area (Å²) in [5.41, 5.74) is 1.48. The molecule has 0 radical (unpaired) electrons. The molecule has 0 unspecified atom stereocenters. The van der Waals surface area contributed by atoms with Gasteiger partial charge in [0.2, 0.25) is 0 Å². The Morgan fingerprint density at radius 1 is 1.14 bits per heavy atom. The van der Waals surface area contributed by atoms with Crippen molar-refractivity contribution in [1.29, 1.82) is 0 Å². The second kappa shape index (κ2) is 8.04. The van der Waals surface area contributed by atoms with Crippen molar-refractivity contribution in [3.05, 3.63) is 41.5 Å². The van der Waals surface area contributed by atoms with Crippen molar-refractivity contribution >= 4 is 17.5 Å². The van der Waals surface area contributed by atoms with Crippen molar-refractivity contribution in [3.8, 4) is 5.75 Å². The lowest BCUT2D eigenvalue weighted by atomic mass is 10.1. The van der Waals surface area contributed by atoms with Crippen LogP contribution in [-0.4, -0.2) is 33.5 Å². The van der Waals surface area contributed by atoms with E-state index in [0.717, 1.165) is 30.7 Å². The smallest absolute Gasteiger partial charge is 0.291 e. The van der Waals surface area contributed by atoms with Crippen LogP contribution >= 0.6 is 0 Å². The van der Waals surface area contributed by atoms with Gasteiger partial charge in [0.1, 0.15) is 11.4 Å². The van der Waals surface area contributed by atoms with E-state index >= 15 is 0 Å². The number of fused-ring (bicyclic) bond motifs is 1. The van der Waals surface area contributed by atoms with Crippen LogP contribution in [0.25, 0.3) is 0 Å². The fraction of sp³-hybridized carbons (Fsp3) is 0.476. The van der Waals surface area contributed by atoms with Crippen LogP contribution in [0.3, 0.4) is 0 Å². The van der Waals surface area contributed by atoms with E-state index in [0.29, 0.717) is 24.5 Å². The molecule has 0 bridgehead atoms. The van der Waals surface area contributed by atoms with Gasteiger partial charge in [-0.05, 0) is 71.2 Å². The number of imidazole rings is 1. The van der Waals surface area contributed by atoms with E-state index in [2.05, 4.69) is 15.6 Å². The summed E-state index contributed by atoms with van der Waals surface area (Å²) in [4.78, 5) is 30.0. The minimum Gasteiger partial charge on any atom is -0.494 e. The lowest BCUT2D eigenvalue weighted by Gasteiger charge is -2.21. The number of amides is 2. The number of anilines is 1. The second-order valence-corrected chi connectivity index (χ2v) is 7.96. The van der Waals surface area contributed by atoms with Crippen molar-refractivity contribution < 1.29 is 14.3 Å². The average Bonchev–Trinajstić information content (AvgIpc) is 3.02. The van der Waals surface area contributed by atoms with Gasteiger partial charge in [0.15, 0.2) is 5.82 Å². The molecule has 1 aliphatic rings. The highest BCUT2D eigenvalue weighted by atomic mass is 16.5. The number of benzene rings is 1. The molecule has 2 aromatic rings. The van der Waals surface area contributed by atoms with Crippen LogP contribution in [0.5, 0.6) is 5.75 Å². The maximum absolute atomic E-state index is 12.9. The van der Waals surface area contributed by atoms with Crippen molar-refractivity contribution in [2.45, 2.75) is 59.0 Å². The van der Waals surface area contributed by atoms with E-state index in [9.17, 15) is 9.59 Å². The number of ether oxygens (including phenoxy) is 1. The average molecular weight is 384 g/mol. The van der Waals surface area contributed by atoms with Crippen LogP contribution in [0.1, 0.15) is 67.3 Å². The zero-order valence-corrected chi connectivity index (χ0v) is 17.0. The molecule has 1 aliphatic heterocycles. The third-order valence-corrected chi connectivity index (χ3v) is 4.45. The zero-order chi connectivity index (χ0) is 20.3. The van der Waals surface area contributed by atoms with Gasteiger partial charge < -0.3 is 19.9 Å². The van der Waals surface area contributed by atoms with E-state index in [1.807, 2.05) is 44.4 Å². The number of hydrogen-bond acceptors (Lipinski definition) is 4. The quantitative estimate of drug-likeness (QED) is 0.827. The van der Waals surface area contributed by atoms with E-state index in [4.69, 9.17) is 4.74 Å². The molecule has 0 atom stereocenters. The second-order valence-electron chi connectivity index (χ2n) is 7.96. The molecule has 0 saturated carbocycles. The van der Waals surface area contributed by atoms with Gasteiger partial charge in [0.05, 0.1) is 12.3 Å². The van der Waals surface area contributed by atoms with Crippen molar-refractivity contribution in [2.24, 2.45) is 0 Å². The summed E-state index contributed by atoms with van der Waals surface area (Å²) in [5, 5.41) is 5.81. The van der Waals surface area contributed by atoms with Gasteiger partial charge in [-0.15, -0.1) is 0 Å². The van der Waals surface area contributed by atoms with Gasteiger partial charge in [0, 0.05) is 17.8 Å². The molecule has 7 nitrogen and oxygen atoms in total. The normalized spacial score (nSPS) is 13.6. The van der Waals surface area contributed by atoms with Gasteiger partial charge in [0.25, 0.3) is 11.8 Å². The molecule has 0 aliphatic carbocycles. The van der Waals surface area contributed by atoms with Gasteiger partial charge in [-0.2, -0.15) is 0 Å². The largest absolute Gasteiger partial charge is 0.494 e. The van der Waals surface area contributed by atoms with Crippen LogP contribution in [0.2, 0.25) is 0 Å². The van der Waals surface area contributed by atoms with Gasteiger partial charge >= 0.3 is 0 Å². The number of aromatic nitrogens is 2. The Bertz CT molecular complexity index is 863.